The van der Waals surface area contributed by atoms with Crippen LogP contribution in [0.5, 0.6) is 0 Å². The van der Waals surface area contributed by atoms with Crippen molar-refractivity contribution >= 4 is 11.9 Å². The standard InChI is InChI=1S/C21H41NO5/c1-5-6-7-8-9-10-11-12-13-14-18(23)15-21(26)27-19(16-20(24)25)17-22(2,3)4/h18-19,23H,5-17H2,1-4H3/p+1/t18?,19-/m0/s1/i2D3. The molecule has 0 heterocycles. The van der Waals surface area contributed by atoms with Crippen molar-refractivity contribution in [3.8, 4) is 0 Å². The van der Waals surface area contributed by atoms with Gasteiger partial charge in [-0.05, 0) is 6.42 Å². The summed E-state index contributed by atoms with van der Waals surface area (Å²) in [6.07, 6.45) is 8.39. The number of esters is 1. The van der Waals surface area contributed by atoms with Crippen LogP contribution >= 0.6 is 0 Å². The van der Waals surface area contributed by atoms with Gasteiger partial charge in [-0.3, -0.25) is 9.59 Å². The maximum atomic E-state index is 12.1. The predicted octanol–water partition coefficient (Wildman–Crippen LogP) is 3.75. The van der Waals surface area contributed by atoms with Gasteiger partial charge in [0.15, 0.2) is 6.10 Å². The van der Waals surface area contributed by atoms with E-state index in [1.165, 1.54) is 52.6 Å². The van der Waals surface area contributed by atoms with E-state index in [2.05, 4.69) is 6.92 Å². The number of carbonyl (C=O) groups is 2. The first-order valence-corrected chi connectivity index (χ1v) is 10.3. The second kappa shape index (κ2) is 14.9. The fraction of sp³-hybridized carbons (Fsp3) is 0.905. The fourth-order valence-corrected chi connectivity index (χ4v) is 3.07. The number of quaternary nitrogens is 1. The van der Waals surface area contributed by atoms with Gasteiger partial charge in [0.1, 0.15) is 6.54 Å². The molecule has 0 aliphatic heterocycles. The summed E-state index contributed by atoms with van der Waals surface area (Å²) in [6.45, 7) is -0.313. The number of carboxylic acid groups (broad SMARTS) is 1. The molecule has 0 aromatic rings. The molecule has 160 valence electrons. The molecule has 27 heavy (non-hydrogen) atoms. The monoisotopic (exact) mass is 391 g/mol. The second-order valence-electron chi connectivity index (χ2n) is 8.05. The molecule has 6 heteroatoms. The molecular weight excluding hydrogens is 346 g/mol. The van der Waals surface area contributed by atoms with Gasteiger partial charge in [-0.15, -0.1) is 0 Å². The van der Waals surface area contributed by atoms with Crippen LogP contribution < -0.4 is 0 Å². The molecule has 0 rings (SSSR count). The first-order valence-electron chi connectivity index (χ1n) is 11.8. The Morgan fingerprint density at radius 2 is 1.56 bits per heavy atom. The second-order valence-corrected chi connectivity index (χ2v) is 8.05. The molecule has 0 spiro atoms. The average molecular weight is 392 g/mol. The maximum Gasteiger partial charge on any atom is 0.308 e. The quantitative estimate of drug-likeness (QED) is 0.224. The molecule has 1 unspecified atom stereocenters. The molecule has 0 aromatic carbocycles. The van der Waals surface area contributed by atoms with E-state index in [4.69, 9.17) is 14.0 Å². The highest BCUT2D eigenvalue weighted by Gasteiger charge is 2.25. The third-order valence-electron chi connectivity index (χ3n) is 4.40. The first-order chi connectivity index (χ1) is 13.9. The Labute approximate surface area is 169 Å². The summed E-state index contributed by atoms with van der Waals surface area (Å²) in [5.74, 6) is -1.87. The third kappa shape index (κ3) is 18.0. The minimum atomic E-state index is -2.36. The summed E-state index contributed by atoms with van der Waals surface area (Å²) in [7, 11) is 2.88. The van der Waals surface area contributed by atoms with Gasteiger partial charge >= 0.3 is 11.9 Å². The van der Waals surface area contributed by atoms with Crippen LogP contribution in [0.25, 0.3) is 0 Å². The summed E-state index contributed by atoms with van der Waals surface area (Å²) in [4.78, 5) is 23.2. The Morgan fingerprint density at radius 1 is 1.00 bits per heavy atom. The van der Waals surface area contributed by atoms with Gasteiger partial charge in [0.2, 0.25) is 0 Å². The number of ether oxygens (including phenoxy) is 1. The number of aliphatic hydroxyl groups is 1. The van der Waals surface area contributed by atoms with Crippen LogP contribution in [0.2, 0.25) is 0 Å². The maximum absolute atomic E-state index is 12.1. The third-order valence-corrected chi connectivity index (χ3v) is 4.40. The molecule has 6 nitrogen and oxygen atoms in total. The topological polar surface area (TPSA) is 83.8 Å². The Kier molecular flexibility index (Phi) is 11.3. The highest BCUT2D eigenvalue weighted by molar-refractivity contribution is 5.71. The van der Waals surface area contributed by atoms with Crippen molar-refractivity contribution in [2.45, 2.75) is 96.2 Å². The Hall–Kier alpha value is -1.14. The van der Waals surface area contributed by atoms with E-state index >= 15 is 0 Å². The summed E-state index contributed by atoms with van der Waals surface area (Å²) in [5, 5.41) is 19.1. The number of aliphatic carboxylic acids is 1. The number of hydrogen-bond acceptors (Lipinski definition) is 4. The Bertz CT molecular complexity index is 498. The molecule has 0 saturated heterocycles. The molecule has 0 aliphatic carbocycles. The molecule has 2 atom stereocenters. The van der Waals surface area contributed by atoms with Crippen molar-refractivity contribution in [2.24, 2.45) is 0 Å². The minimum Gasteiger partial charge on any atom is -0.481 e. The summed E-state index contributed by atoms with van der Waals surface area (Å²) in [5.41, 5.74) is 0. The zero-order valence-electron chi connectivity index (χ0n) is 20.4. The normalized spacial score (nSPS) is 16.1. The van der Waals surface area contributed by atoms with Crippen LogP contribution in [-0.4, -0.2) is 66.5 Å². The Morgan fingerprint density at radius 3 is 2.07 bits per heavy atom. The van der Waals surface area contributed by atoms with Crippen molar-refractivity contribution in [1.82, 2.24) is 0 Å². The minimum absolute atomic E-state index is 0.150. The number of hydrogen-bond donors (Lipinski definition) is 2. The number of carbonyl (C=O) groups excluding carboxylic acids is 1. The zero-order valence-corrected chi connectivity index (χ0v) is 17.4. The number of aliphatic hydroxyl groups excluding tert-OH is 1. The molecule has 0 saturated carbocycles. The predicted molar refractivity (Wildman–Crippen MR) is 108 cm³/mol. The van der Waals surface area contributed by atoms with Crippen molar-refractivity contribution in [3.05, 3.63) is 0 Å². The molecular formula is C21H42NO5+. The summed E-state index contributed by atoms with van der Waals surface area (Å²) in [6, 6.07) is 0. The van der Waals surface area contributed by atoms with Gasteiger partial charge in [-0.2, -0.15) is 0 Å². The number of carboxylic acids is 1. The van der Waals surface area contributed by atoms with E-state index in [0.29, 0.717) is 6.42 Å². The van der Waals surface area contributed by atoms with Gasteiger partial charge in [0.25, 0.3) is 0 Å². The van der Waals surface area contributed by atoms with Gasteiger partial charge in [0, 0.05) is 0 Å². The number of rotatable bonds is 17. The van der Waals surface area contributed by atoms with E-state index in [0.717, 1.165) is 19.3 Å². The van der Waals surface area contributed by atoms with E-state index < -0.39 is 42.0 Å². The van der Waals surface area contributed by atoms with E-state index in [9.17, 15) is 14.7 Å². The average Bonchev–Trinajstić information content (AvgIpc) is 2.58. The number of nitrogens with zero attached hydrogens (tertiary/aromatic N) is 1. The highest BCUT2D eigenvalue weighted by atomic mass is 16.5. The van der Waals surface area contributed by atoms with E-state index in [-0.39, 0.29) is 13.0 Å². The largest absolute Gasteiger partial charge is 0.481 e. The zero-order chi connectivity index (χ0) is 23.2. The lowest BCUT2D eigenvalue weighted by atomic mass is 10.0. The van der Waals surface area contributed by atoms with Crippen LogP contribution in [0.1, 0.15) is 88.1 Å². The summed E-state index contributed by atoms with van der Waals surface area (Å²) >= 11 is 0. The van der Waals surface area contributed by atoms with Crippen molar-refractivity contribution < 1.29 is 33.1 Å². The molecule has 0 aromatic heterocycles. The van der Waals surface area contributed by atoms with Gasteiger partial charge in [0.05, 0.1) is 44.1 Å². The first kappa shape index (κ1) is 20.6. The van der Waals surface area contributed by atoms with Crippen LogP contribution in [0, 0.1) is 0 Å². The van der Waals surface area contributed by atoms with Crippen molar-refractivity contribution in [1.29, 1.82) is 0 Å². The van der Waals surface area contributed by atoms with Crippen LogP contribution in [0.3, 0.4) is 0 Å². The molecule has 0 bridgehead atoms. The summed E-state index contributed by atoms with van der Waals surface area (Å²) < 4.78 is 27.4. The number of likely N-dealkylation sites (N-methyl/N-ethyl adjacent to an activating group) is 1. The molecule has 2 N–H and O–H groups in total. The van der Waals surface area contributed by atoms with Crippen molar-refractivity contribution in [3.63, 3.8) is 0 Å². The lowest BCUT2D eigenvalue weighted by Gasteiger charge is -2.28. The molecule has 0 amide bonds. The van der Waals surface area contributed by atoms with E-state index in [1.807, 2.05) is 0 Å². The van der Waals surface area contributed by atoms with Crippen LogP contribution in [0.15, 0.2) is 0 Å². The van der Waals surface area contributed by atoms with Gasteiger partial charge in [-0.1, -0.05) is 64.7 Å². The van der Waals surface area contributed by atoms with Gasteiger partial charge in [-0.25, -0.2) is 0 Å². The molecule has 0 radical (unpaired) electrons. The highest BCUT2D eigenvalue weighted by Crippen LogP contribution is 2.13. The van der Waals surface area contributed by atoms with Gasteiger partial charge < -0.3 is 19.4 Å². The molecule has 0 aliphatic rings. The fourth-order valence-electron chi connectivity index (χ4n) is 3.07. The van der Waals surface area contributed by atoms with E-state index in [1.54, 1.807) is 0 Å². The lowest BCUT2D eigenvalue weighted by Crippen LogP contribution is -2.44. The van der Waals surface area contributed by atoms with Crippen molar-refractivity contribution in [2.75, 3.05) is 27.6 Å². The van der Waals surface area contributed by atoms with Crippen LogP contribution in [-0.2, 0) is 14.3 Å². The number of unbranched alkanes of at least 4 members (excludes halogenated alkanes) is 8. The Balaban J connectivity index is 4.24. The van der Waals surface area contributed by atoms with Crippen LogP contribution in [0.4, 0.5) is 0 Å². The lowest BCUT2D eigenvalue weighted by molar-refractivity contribution is -0.873. The smallest absolute Gasteiger partial charge is 0.308 e. The molecule has 0 fully saturated rings. The SMILES string of the molecule is [2H]C([2H])([2H])[N+](C)(C)C[C@H](CC(=O)O)OC(=O)CC(O)CCCCCCCCCCC.